The van der Waals surface area contributed by atoms with Gasteiger partial charge in [0.15, 0.2) is 0 Å². The summed E-state index contributed by atoms with van der Waals surface area (Å²) < 4.78 is 1.75. The van der Waals surface area contributed by atoms with Crippen LogP contribution in [-0.2, 0) is 7.05 Å². The lowest BCUT2D eigenvalue weighted by molar-refractivity contribution is 0.102. The molecule has 0 bridgehead atoms. The Morgan fingerprint density at radius 1 is 0.882 bits per heavy atom. The minimum Gasteiger partial charge on any atom is -0.324 e. The van der Waals surface area contributed by atoms with Gasteiger partial charge in [-0.3, -0.25) is 9.48 Å². The molecule has 2 heterocycles. The van der Waals surface area contributed by atoms with Crippen molar-refractivity contribution in [3.05, 3.63) is 95.8 Å². The maximum Gasteiger partial charge on any atom is 0.255 e. The smallest absolute Gasteiger partial charge is 0.255 e. The Balaban J connectivity index is 1.40. The summed E-state index contributed by atoms with van der Waals surface area (Å²) in [6.45, 7) is 3.97. The third-order valence-electron chi connectivity index (χ3n) is 5.70. The fourth-order valence-corrected chi connectivity index (χ4v) is 3.93. The summed E-state index contributed by atoms with van der Waals surface area (Å²) in [6, 6.07) is 21.1. The Kier molecular flexibility index (Phi) is 5.51. The van der Waals surface area contributed by atoms with Crippen molar-refractivity contribution in [3.63, 3.8) is 0 Å². The summed E-state index contributed by atoms with van der Waals surface area (Å²) in [6.07, 6.45) is 3.73. The fourth-order valence-electron chi connectivity index (χ4n) is 3.93. The zero-order valence-corrected chi connectivity index (χ0v) is 19.2. The van der Waals surface area contributed by atoms with Crippen LogP contribution in [-0.4, -0.2) is 25.7 Å². The number of hydrogen-bond donors (Lipinski definition) is 2. The summed E-state index contributed by atoms with van der Waals surface area (Å²) in [5, 5.41) is 11.5. The normalized spacial score (nSPS) is 10.9. The second kappa shape index (κ2) is 8.78. The van der Waals surface area contributed by atoms with E-state index in [2.05, 4.69) is 20.7 Å². The monoisotopic (exact) mass is 448 g/mol. The molecule has 0 spiro atoms. The first-order valence-corrected chi connectivity index (χ1v) is 11.0. The van der Waals surface area contributed by atoms with Gasteiger partial charge in [0.1, 0.15) is 0 Å². The lowest BCUT2D eigenvalue weighted by Crippen LogP contribution is -2.13. The van der Waals surface area contributed by atoms with E-state index in [9.17, 15) is 4.79 Å². The summed E-state index contributed by atoms with van der Waals surface area (Å²) in [5.74, 6) is 0.329. The first-order chi connectivity index (χ1) is 16.5. The summed E-state index contributed by atoms with van der Waals surface area (Å²) in [7, 11) is 1.88. The molecular weight excluding hydrogens is 424 g/mol. The van der Waals surface area contributed by atoms with Crippen molar-refractivity contribution in [1.82, 2.24) is 19.7 Å². The van der Waals surface area contributed by atoms with Gasteiger partial charge in [-0.1, -0.05) is 36.4 Å². The molecule has 5 rings (SSSR count). The van der Waals surface area contributed by atoms with Gasteiger partial charge < -0.3 is 10.6 Å². The molecule has 0 saturated carbocycles. The molecule has 2 aromatic heterocycles. The maximum atomic E-state index is 12.8. The quantitative estimate of drug-likeness (QED) is 0.363. The molecule has 0 aliphatic carbocycles. The molecule has 7 heteroatoms. The molecule has 7 nitrogen and oxygen atoms in total. The van der Waals surface area contributed by atoms with E-state index in [1.54, 1.807) is 23.0 Å². The molecule has 34 heavy (non-hydrogen) atoms. The molecule has 0 fully saturated rings. The second-order valence-corrected chi connectivity index (χ2v) is 8.24. The molecule has 0 saturated heterocycles. The molecule has 0 aliphatic rings. The third kappa shape index (κ3) is 4.23. The Bertz CT molecular complexity index is 1480. The lowest BCUT2D eigenvalue weighted by Gasteiger charge is -2.12. The van der Waals surface area contributed by atoms with Crippen LogP contribution in [0.4, 0.5) is 17.3 Å². The average molecular weight is 449 g/mol. The zero-order chi connectivity index (χ0) is 23.7. The highest BCUT2D eigenvalue weighted by molar-refractivity contribution is 6.05. The van der Waals surface area contributed by atoms with Crippen molar-refractivity contribution >= 4 is 34.1 Å². The summed E-state index contributed by atoms with van der Waals surface area (Å²) in [4.78, 5) is 22.2. The van der Waals surface area contributed by atoms with E-state index in [1.807, 2.05) is 81.7 Å². The number of nitrogens with zero attached hydrogens (tertiary/aromatic N) is 4. The van der Waals surface area contributed by atoms with Crippen LogP contribution in [0, 0.1) is 13.8 Å². The number of rotatable bonds is 5. The lowest BCUT2D eigenvalue weighted by atomic mass is 10.1. The van der Waals surface area contributed by atoms with Crippen LogP contribution in [0.25, 0.3) is 22.2 Å². The van der Waals surface area contributed by atoms with E-state index in [-0.39, 0.29) is 5.91 Å². The van der Waals surface area contributed by atoms with E-state index in [1.165, 1.54) is 0 Å². The number of amides is 1. The van der Waals surface area contributed by atoms with Gasteiger partial charge in [-0.25, -0.2) is 9.97 Å². The van der Waals surface area contributed by atoms with Crippen LogP contribution >= 0.6 is 0 Å². The van der Waals surface area contributed by atoms with Gasteiger partial charge in [0.2, 0.25) is 5.95 Å². The van der Waals surface area contributed by atoms with E-state index in [4.69, 9.17) is 4.98 Å². The van der Waals surface area contributed by atoms with E-state index in [0.29, 0.717) is 11.5 Å². The largest absolute Gasteiger partial charge is 0.324 e. The molecular formula is C27H24N6O. The summed E-state index contributed by atoms with van der Waals surface area (Å²) >= 11 is 0. The Morgan fingerprint density at radius 3 is 2.32 bits per heavy atom. The SMILES string of the molecule is Cc1cccc(C)c1NC(=O)c1ccc(Nc2nc(-c3cnn(C)c3)c3ccccc3n2)cc1. The first-order valence-electron chi connectivity index (χ1n) is 11.0. The van der Waals surface area contributed by atoms with Crippen LogP contribution in [0.15, 0.2) is 79.1 Å². The summed E-state index contributed by atoms with van der Waals surface area (Å²) in [5.41, 5.74) is 6.84. The highest BCUT2D eigenvalue weighted by Gasteiger charge is 2.13. The van der Waals surface area contributed by atoms with Crippen LogP contribution in [0.1, 0.15) is 21.5 Å². The van der Waals surface area contributed by atoms with Crippen LogP contribution < -0.4 is 10.6 Å². The Hall–Kier alpha value is -4.52. The van der Waals surface area contributed by atoms with Gasteiger partial charge in [-0.2, -0.15) is 5.10 Å². The molecule has 0 unspecified atom stereocenters. The number of nitrogens with one attached hydrogen (secondary N) is 2. The predicted octanol–water partition coefficient (Wildman–Crippen LogP) is 5.64. The van der Waals surface area contributed by atoms with Crippen molar-refractivity contribution in [2.75, 3.05) is 10.6 Å². The predicted molar refractivity (Wildman–Crippen MR) is 135 cm³/mol. The molecule has 0 atom stereocenters. The van der Waals surface area contributed by atoms with E-state index >= 15 is 0 Å². The van der Waals surface area contributed by atoms with E-state index < -0.39 is 0 Å². The highest BCUT2D eigenvalue weighted by Crippen LogP contribution is 2.28. The molecule has 2 N–H and O–H groups in total. The standard InChI is InChI=1S/C27H24N6O/c1-17-7-6-8-18(2)24(17)31-26(34)19-11-13-21(14-12-19)29-27-30-23-10-5-4-9-22(23)25(32-27)20-15-28-33(3)16-20/h4-16H,1-3H3,(H,31,34)(H,29,30,32). The van der Waals surface area contributed by atoms with E-state index in [0.717, 1.165) is 44.7 Å². The molecule has 0 radical (unpaired) electrons. The molecule has 3 aromatic carbocycles. The van der Waals surface area contributed by atoms with Gasteiger partial charge in [0, 0.05) is 41.1 Å². The van der Waals surface area contributed by atoms with Gasteiger partial charge >= 0.3 is 0 Å². The minimum atomic E-state index is -0.148. The fraction of sp³-hybridized carbons (Fsp3) is 0.111. The van der Waals surface area contributed by atoms with Crippen molar-refractivity contribution in [2.24, 2.45) is 7.05 Å². The van der Waals surface area contributed by atoms with Crippen LogP contribution in [0.2, 0.25) is 0 Å². The number of carbonyl (C=O) groups is 1. The van der Waals surface area contributed by atoms with Crippen LogP contribution in [0.3, 0.4) is 0 Å². The van der Waals surface area contributed by atoms with Crippen molar-refractivity contribution in [2.45, 2.75) is 13.8 Å². The van der Waals surface area contributed by atoms with Crippen molar-refractivity contribution < 1.29 is 4.79 Å². The average Bonchev–Trinajstić information content (AvgIpc) is 3.27. The zero-order valence-electron chi connectivity index (χ0n) is 19.2. The third-order valence-corrected chi connectivity index (χ3v) is 5.70. The van der Waals surface area contributed by atoms with Crippen molar-refractivity contribution in [3.8, 4) is 11.3 Å². The number of benzene rings is 3. The molecule has 1 amide bonds. The Morgan fingerprint density at radius 2 is 1.62 bits per heavy atom. The number of para-hydroxylation sites is 2. The second-order valence-electron chi connectivity index (χ2n) is 8.24. The Labute approximate surface area is 197 Å². The first kappa shape index (κ1) is 21.3. The van der Waals surface area contributed by atoms with Crippen LogP contribution in [0.5, 0.6) is 0 Å². The molecule has 0 aliphatic heterocycles. The number of anilines is 3. The minimum absolute atomic E-state index is 0.148. The number of fused-ring (bicyclic) bond motifs is 1. The van der Waals surface area contributed by atoms with Gasteiger partial charge in [-0.05, 0) is 55.3 Å². The number of aryl methyl sites for hydroxylation is 3. The van der Waals surface area contributed by atoms with Gasteiger partial charge in [0.05, 0.1) is 17.4 Å². The maximum absolute atomic E-state index is 12.8. The number of carbonyl (C=O) groups excluding carboxylic acids is 1. The van der Waals surface area contributed by atoms with Gasteiger partial charge in [0.25, 0.3) is 5.91 Å². The molecule has 168 valence electrons. The van der Waals surface area contributed by atoms with Gasteiger partial charge in [-0.15, -0.1) is 0 Å². The highest BCUT2D eigenvalue weighted by atomic mass is 16.1. The molecule has 5 aromatic rings. The topological polar surface area (TPSA) is 84.7 Å². The number of hydrogen-bond acceptors (Lipinski definition) is 5. The number of aromatic nitrogens is 4. The van der Waals surface area contributed by atoms with Crippen molar-refractivity contribution in [1.29, 1.82) is 0 Å².